The molecular formula is C10H16O2. The molecule has 5 atom stereocenters. The van der Waals surface area contributed by atoms with Gasteiger partial charge in [0.1, 0.15) is 0 Å². The molecule has 0 aromatic rings. The van der Waals surface area contributed by atoms with Crippen LogP contribution < -0.4 is 0 Å². The van der Waals surface area contributed by atoms with E-state index in [1.54, 1.807) is 0 Å². The van der Waals surface area contributed by atoms with E-state index in [4.69, 9.17) is 9.47 Å². The van der Waals surface area contributed by atoms with Crippen molar-refractivity contribution >= 4 is 0 Å². The van der Waals surface area contributed by atoms with Crippen LogP contribution in [-0.4, -0.2) is 26.4 Å². The van der Waals surface area contributed by atoms with E-state index in [1.807, 2.05) is 7.11 Å². The average molecular weight is 168 g/mol. The number of fused-ring (bicyclic) bond motifs is 5. The van der Waals surface area contributed by atoms with Gasteiger partial charge in [0.25, 0.3) is 0 Å². The van der Waals surface area contributed by atoms with Crippen molar-refractivity contribution in [3.63, 3.8) is 0 Å². The van der Waals surface area contributed by atoms with E-state index in [1.165, 1.54) is 12.8 Å². The first-order valence-electron chi connectivity index (χ1n) is 5.00. The van der Waals surface area contributed by atoms with Gasteiger partial charge in [-0.25, -0.2) is 0 Å². The maximum Gasteiger partial charge on any atom is 0.0606 e. The van der Waals surface area contributed by atoms with E-state index in [-0.39, 0.29) is 0 Å². The summed E-state index contributed by atoms with van der Waals surface area (Å²) in [4.78, 5) is 0. The molecule has 0 spiro atoms. The van der Waals surface area contributed by atoms with Crippen LogP contribution in [0.2, 0.25) is 0 Å². The van der Waals surface area contributed by atoms with E-state index in [2.05, 4.69) is 0 Å². The third-order valence-electron chi connectivity index (χ3n) is 4.22. The van der Waals surface area contributed by atoms with E-state index < -0.39 is 0 Å². The summed E-state index contributed by atoms with van der Waals surface area (Å²) in [6.07, 6.45) is 3.26. The normalized spacial score (nSPS) is 56.2. The molecule has 2 nitrogen and oxygen atoms in total. The van der Waals surface area contributed by atoms with Gasteiger partial charge >= 0.3 is 0 Å². The molecule has 3 fully saturated rings. The van der Waals surface area contributed by atoms with Gasteiger partial charge in [0, 0.05) is 7.11 Å². The molecule has 1 heterocycles. The Labute approximate surface area is 73.2 Å². The Hall–Kier alpha value is -0.0800. The number of hydrogen-bond donors (Lipinski definition) is 0. The van der Waals surface area contributed by atoms with E-state index in [0.717, 1.165) is 36.9 Å². The first-order valence-corrected chi connectivity index (χ1v) is 5.00. The second kappa shape index (κ2) is 2.46. The highest BCUT2D eigenvalue weighted by Gasteiger charge is 2.54. The molecule has 3 rings (SSSR count). The van der Waals surface area contributed by atoms with Gasteiger partial charge in [0.05, 0.1) is 19.3 Å². The lowest BCUT2D eigenvalue weighted by Gasteiger charge is -2.28. The van der Waals surface area contributed by atoms with Crippen molar-refractivity contribution in [3.8, 4) is 0 Å². The van der Waals surface area contributed by atoms with Crippen molar-refractivity contribution in [2.75, 3.05) is 20.3 Å². The Balaban J connectivity index is 1.83. The molecule has 0 amide bonds. The van der Waals surface area contributed by atoms with Crippen LogP contribution in [0.5, 0.6) is 0 Å². The predicted octanol–water partition coefficient (Wildman–Crippen LogP) is 1.30. The highest BCUT2D eigenvalue weighted by Crippen LogP contribution is 2.55. The molecule has 12 heavy (non-hydrogen) atoms. The summed E-state index contributed by atoms with van der Waals surface area (Å²) in [5.41, 5.74) is 0. The lowest BCUT2D eigenvalue weighted by molar-refractivity contribution is 0.0251. The van der Waals surface area contributed by atoms with Crippen molar-refractivity contribution < 1.29 is 9.47 Å². The fourth-order valence-corrected chi connectivity index (χ4v) is 3.66. The Morgan fingerprint density at radius 3 is 2.75 bits per heavy atom. The lowest BCUT2D eigenvalue weighted by Crippen LogP contribution is -2.31. The topological polar surface area (TPSA) is 18.5 Å². The van der Waals surface area contributed by atoms with Crippen LogP contribution in [0.25, 0.3) is 0 Å². The summed E-state index contributed by atoms with van der Waals surface area (Å²) in [5.74, 6) is 3.48. The van der Waals surface area contributed by atoms with Gasteiger partial charge < -0.3 is 9.47 Å². The summed E-state index contributed by atoms with van der Waals surface area (Å²) in [5, 5.41) is 0. The molecule has 2 heteroatoms. The van der Waals surface area contributed by atoms with Crippen molar-refractivity contribution in [1.82, 2.24) is 0 Å². The van der Waals surface area contributed by atoms with E-state index >= 15 is 0 Å². The zero-order chi connectivity index (χ0) is 8.13. The van der Waals surface area contributed by atoms with Gasteiger partial charge in [-0.05, 0) is 36.5 Å². The molecule has 1 saturated heterocycles. The molecule has 0 N–H and O–H groups in total. The third kappa shape index (κ3) is 0.775. The Morgan fingerprint density at radius 2 is 1.92 bits per heavy atom. The van der Waals surface area contributed by atoms with Crippen LogP contribution >= 0.6 is 0 Å². The fourth-order valence-electron chi connectivity index (χ4n) is 3.66. The third-order valence-corrected chi connectivity index (χ3v) is 4.22. The SMILES string of the molecule is CO[C@@H]1C[C@H]2C[C@@H]1[C@H]1COC[C@H]21. The molecule has 2 aliphatic carbocycles. The average Bonchev–Trinajstić information content (AvgIpc) is 2.75. The molecule has 0 unspecified atom stereocenters. The summed E-state index contributed by atoms with van der Waals surface area (Å²) in [7, 11) is 1.86. The van der Waals surface area contributed by atoms with E-state index in [9.17, 15) is 0 Å². The smallest absolute Gasteiger partial charge is 0.0606 e. The van der Waals surface area contributed by atoms with Crippen molar-refractivity contribution in [2.24, 2.45) is 23.7 Å². The maximum atomic E-state index is 5.53. The van der Waals surface area contributed by atoms with Gasteiger partial charge in [-0.2, -0.15) is 0 Å². The molecule has 0 radical (unpaired) electrons. The summed E-state index contributed by atoms with van der Waals surface area (Å²) < 4.78 is 11.0. The fraction of sp³-hybridized carbons (Fsp3) is 1.00. The largest absolute Gasteiger partial charge is 0.381 e. The van der Waals surface area contributed by atoms with Crippen LogP contribution in [-0.2, 0) is 9.47 Å². The molecule has 68 valence electrons. The molecule has 3 aliphatic rings. The lowest BCUT2D eigenvalue weighted by atomic mass is 9.80. The van der Waals surface area contributed by atoms with Gasteiger partial charge in [-0.15, -0.1) is 0 Å². The van der Waals surface area contributed by atoms with Gasteiger partial charge in [0.2, 0.25) is 0 Å². The van der Waals surface area contributed by atoms with Crippen LogP contribution in [0.4, 0.5) is 0 Å². The second-order valence-corrected chi connectivity index (χ2v) is 4.53. The minimum atomic E-state index is 0.554. The Morgan fingerprint density at radius 1 is 1.08 bits per heavy atom. The van der Waals surface area contributed by atoms with Gasteiger partial charge in [-0.1, -0.05) is 0 Å². The Kier molecular flexibility index (Phi) is 1.50. The second-order valence-electron chi connectivity index (χ2n) is 4.53. The number of ether oxygens (including phenoxy) is 2. The van der Waals surface area contributed by atoms with Crippen LogP contribution in [0.1, 0.15) is 12.8 Å². The number of rotatable bonds is 1. The maximum absolute atomic E-state index is 5.53. The zero-order valence-electron chi connectivity index (χ0n) is 7.53. The first-order chi connectivity index (χ1) is 5.90. The van der Waals surface area contributed by atoms with Crippen molar-refractivity contribution in [1.29, 1.82) is 0 Å². The standard InChI is InChI=1S/C10H16O2/c1-11-10-3-6-2-7(10)9-5-12-4-8(6)9/h6-10H,2-5H2,1H3/t6-,7-,8-,9-,10-/m1/s1. The number of hydrogen-bond acceptors (Lipinski definition) is 2. The van der Waals surface area contributed by atoms with Crippen LogP contribution in [0, 0.1) is 23.7 Å². The predicted molar refractivity (Wildman–Crippen MR) is 44.8 cm³/mol. The molecule has 0 aromatic carbocycles. The number of methoxy groups -OCH3 is 1. The highest BCUT2D eigenvalue weighted by molar-refractivity contribution is 5.03. The highest BCUT2D eigenvalue weighted by atomic mass is 16.5. The van der Waals surface area contributed by atoms with Crippen LogP contribution in [0.3, 0.4) is 0 Å². The van der Waals surface area contributed by atoms with Gasteiger partial charge in [-0.3, -0.25) is 0 Å². The van der Waals surface area contributed by atoms with Crippen molar-refractivity contribution in [3.05, 3.63) is 0 Å². The van der Waals surface area contributed by atoms with Gasteiger partial charge in [0.15, 0.2) is 0 Å². The minimum Gasteiger partial charge on any atom is -0.381 e. The monoisotopic (exact) mass is 168 g/mol. The summed E-state index contributed by atoms with van der Waals surface area (Å²) >= 11 is 0. The molecule has 2 bridgehead atoms. The molecule has 1 aliphatic heterocycles. The summed E-state index contributed by atoms with van der Waals surface area (Å²) in [6, 6.07) is 0. The minimum absolute atomic E-state index is 0.554. The Bertz CT molecular complexity index is 190. The molecule has 0 aromatic heterocycles. The zero-order valence-corrected chi connectivity index (χ0v) is 7.53. The van der Waals surface area contributed by atoms with Crippen molar-refractivity contribution in [2.45, 2.75) is 18.9 Å². The quantitative estimate of drug-likeness (QED) is 0.587. The van der Waals surface area contributed by atoms with E-state index in [0.29, 0.717) is 6.10 Å². The van der Waals surface area contributed by atoms with Crippen LogP contribution in [0.15, 0.2) is 0 Å². The molecular weight excluding hydrogens is 152 g/mol. The summed E-state index contributed by atoms with van der Waals surface area (Å²) in [6.45, 7) is 2.04. The molecule has 2 saturated carbocycles. The first kappa shape index (κ1) is 7.34.